The number of nitrogens with one attached hydrogen (secondary N) is 1. The van der Waals surface area contributed by atoms with Gasteiger partial charge in [-0.05, 0) is 40.8 Å². The zero-order valence-electron chi connectivity index (χ0n) is 9.10. The summed E-state index contributed by atoms with van der Waals surface area (Å²) < 4.78 is 14.8. The monoisotopic (exact) mass is 361 g/mol. The number of nitrogens with two attached hydrogens (primary N) is 1. The lowest BCUT2D eigenvalue weighted by Crippen LogP contribution is -2.19. The van der Waals surface area contributed by atoms with Gasteiger partial charge in [-0.1, -0.05) is 0 Å². The molecule has 0 fully saturated rings. The third kappa shape index (κ3) is 3.15. The summed E-state index contributed by atoms with van der Waals surface area (Å²) in [7, 11) is 0. The number of hydrogen-bond donors (Lipinski definition) is 2. The van der Waals surface area contributed by atoms with Crippen molar-refractivity contribution in [3.63, 3.8) is 0 Å². The number of benzene rings is 1. The maximum absolute atomic E-state index is 12.9. The van der Waals surface area contributed by atoms with E-state index in [-0.39, 0.29) is 24.2 Å². The zero-order chi connectivity index (χ0) is 13.1. The van der Waals surface area contributed by atoms with Gasteiger partial charge in [-0.25, -0.2) is 14.1 Å². The topological polar surface area (TPSA) is 85.8 Å². The first-order valence-electron chi connectivity index (χ1n) is 4.94. The van der Waals surface area contributed by atoms with E-state index in [0.29, 0.717) is 9.26 Å². The Balaban J connectivity index is 2.03. The number of carbonyl (C=O) groups excluding carboxylic acids is 1. The highest BCUT2D eigenvalue weighted by Gasteiger charge is 2.08. The van der Waals surface area contributed by atoms with Gasteiger partial charge < -0.3 is 11.1 Å². The highest BCUT2D eigenvalue weighted by Crippen LogP contribution is 2.18. The van der Waals surface area contributed by atoms with E-state index in [1.807, 2.05) is 22.6 Å². The minimum atomic E-state index is -0.346. The van der Waals surface area contributed by atoms with Crippen LogP contribution >= 0.6 is 22.6 Å². The Hall–Kier alpha value is -1.71. The molecule has 2 rings (SSSR count). The van der Waals surface area contributed by atoms with Crippen molar-refractivity contribution in [2.75, 3.05) is 11.1 Å². The molecule has 0 aliphatic heterocycles. The van der Waals surface area contributed by atoms with Crippen molar-refractivity contribution in [2.24, 2.45) is 0 Å². The standard InChI is InChI=1S/C10H9FIN5O/c11-6-1-2-8(7(12)3-6)15-9(18)4-17-5-14-10(13)16-17/h1-3,5H,4H2,(H2,13,16)(H,15,18). The summed E-state index contributed by atoms with van der Waals surface area (Å²) in [5, 5.41) is 6.44. The number of rotatable bonds is 3. The Bertz CT molecular complexity index is 585. The van der Waals surface area contributed by atoms with Crippen molar-refractivity contribution >= 4 is 40.1 Å². The summed E-state index contributed by atoms with van der Waals surface area (Å²) in [5.74, 6) is -0.523. The molecule has 0 radical (unpaired) electrons. The Morgan fingerprint density at radius 3 is 2.94 bits per heavy atom. The molecule has 94 valence electrons. The number of halogens is 2. The second-order valence-corrected chi connectivity index (χ2v) is 4.63. The molecule has 0 spiro atoms. The van der Waals surface area contributed by atoms with Crippen molar-refractivity contribution in [1.82, 2.24) is 14.8 Å². The first kappa shape index (κ1) is 12.7. The van der Waals surface area contributed by atoms with E-state index >= 15 is 0 Å². The number of nitrogens with zero attached hydrogens (tertiary/aromatic N) is 3. The normalized spacial score (nSPS) is 10.3. The van der Waals surface area contributed by atoms with Crippen molar-refractivity contribution in [3.8, 4) is 0 Å². The molecule has 0 bridgehead atoms. The number of aromatic nitrogens is 3. The lowest BCUT2D eigenvalue weighted by molar-refractivity contribution is -0.116. The molecule has 0 aliphatic rings. The zero-order valence-corrected chi connectivity index (χ0v) is 11.3. The van der Waals surface area contributed by atoms with Gasteiger partial charge in [0, 0.05) is 3.57 Å². The predicted octanol–water partition coefficient (Wildman–Crippen LogP) is 1.24. The van der Waals surface area contributed by atoms with Crippen LogP contribution in [0.4, 0.5) is 16.0 Å². The summed E-state index contributed by atoms with van der Waals surface area (Å²) >= 11 is 1.95. The minimum Gasteiger partial charge on any atom is -0.367 e. The minimum absolute atomic E-state index is 0.00232. The molecule has 8 heteroatoms. The Labute approximate surface area is 116 Å². The lowest BCUT2D eigenvalue weighted by atomic mass is 10.3. The molecule has 1 heterocycles. The Morgan fingerprint density at radius 2 is 2.33 bits per heavy atom. The van der Waals surface area contributed by atoms with Crippen LogP contribution in [0.25, 0.3) is 0 Å². The molecule has 0 saturated heterocycles. The van der Waals surface area contributed by atoms with Crippen LogP contribution in [0.2, 0.25) is 0 Å². The molecular formula is C10H9FIN5O. The summed E-state index contributed by atoms with van der Waals surface area (Å²) in [5.41, 5.74) is 5.88. The molecule has 2 aromatic rings. The average molecular weight is 361 g/mol. The molecule has 0 aliphatic carbocycles. The third-order valence-corrected chi connectivity index (χ3v) is 2.96. The number of hydrogen-bond acceptors (Lipinski definition) is 4. The number of nitrogen functional groups attached to an aromatic ring is 1. The molecule has 1 amide bonds. The molecule has 0 unspecified atom stereocenters. The van der Waals surface area contributed by atoms with Crippen molar-refractivity contribution in [2.45, 2.75) is 6.54 Å². The van der Waals surface area contributed by atoms with E-state index in [4.69, 9.17) is 5.73 Å². The van der Waals surface area contributed by atoms with E-state index in [1.54, 1.807) is 0 Å². The van der Waals surface area contributed by atoms with Gasteiger partial charge >= 0.3 is 0 Å². The quantitative estimate of drug-likeness (QED) is 0.806. The maximum atomic E-state index is 12.9. The first-order valence-corrected chi connectivity index (χ1v) is 6.02. The van der Waals surface area contributed by atoms with Crippen LogP contribution < -0.4 is 11.1 Å². The Kier molecular flexibility index (Phi) is 3.75. The fourth-order valence-corrected chi connectivity index (χ4v) is 1.93. The van der Waals surface area contributed by atoms with Crippen LogP contribution in [0.1, 0.15) is 0 Å². The van der Waals surface area contributed by atoms with Gasteiger partial charge in [-0.3, -0.25) is 4.79 Å². The van der Waals surface area contributed by atoms with Gasteiger partial charge in [0.25, 0.3) is 0 Å². The smallest absolute Gasteiger partial charge is 0.246 e. The van der Waals surface area contributed by atoms with Crippen LogP contribution in [0, 0.1) is 9.39 Å². The molecule has 6 nitrogen and oxygen atoms in total. The number of carbonyl (C=O) groups is 1. The summed E-state index contributed by atoms with van der Waals surface area (Å²) in [4.78, 5) is 15.4. The van der Waals surface area contributed by atoms with Crippen LogP contribution in [-0.4, -0.2) is 20.7 Å². The molecule has 1 aromatic heterocycles. The van der Waals surface area contributed by atoms with Gasteiger partial charge in [0.05, 0.1) is 5.69 Å². The summed E-state index contributed by atoms with van der Waals surface area (Å²) in [6.45, 7) is -0.00232. The molecular weight excluding hydrogens is 352 g/mol. The molecule has 3 N–H and O–H groups in total. The fourth-order valence-electron chi connectivity index (χ4n) is 1.31. The lowest BCUT2D eigenvalue weighted by Gasteiger charge is -2.07. The molecule has 0 atom stereocenters. The van der Waals surface area contributed by atoms with E-state index < -0.39 is 0 Å². The SMILES string of the molecule is Nc1ncn(CC(=O)Nc2ccc(F)cc2I)n1. The van der Waals surface area contributed by atoms with Crippen LogP contribution in [0.5, 0.6) is 0 Å². The maximum Gasteiger partial charge on any atom is 0.246 e. The predicted molar refractivity (Wildman–Crippen MR) is 72.2 cm³/mol. The highest BCUT2D eigenvalue weighted by molar-refractivity contribution is 14.1. The summed E-state index contributed by atoms with van der Waals surface area (Å²) in [6.07, 6.45) is 1.37. The first-order chi connectivity index (χ1) is 8.54. The van der Waals surface area contributed by atoms with Gasteiger partial charge in [0.15, 0.2) is 0 Å². The fraction of sp³-hybridized carbons (Fsp3) is 0.100. The van der Waals surface area contributed by atoms with Gasteiger partial charge in [-0.15, -0.1) is 5.10 Å². The second kappa shape index (κ2) is 5.29. The van der Waals surface area contributed by atoms with Crippen LogP contribution in [0.15, 0.2) is 24.5 Å². The molecule has 18 heavy (non-hydrogen) atoms. The van der Waals surface area contributed by atoms with Gasteiger partial charge in [0.1, 0.15) is 18.7 Å². The number of amides is 1. The van der Waals surface area contributed by atoms with Crippen LogP contribution in [0.3, 0.4) is 0 Å². The van der Waals surface area contributed by atoms with E-state index in [1.165, 1.54) is 29.2 Å². The second-order valence-electron chi connectivity index (χ2n) is 3.47. The largest absolute Gasteiger partial charge is 0.367 e. The van der Waals surface area contributed by atoms with Crippen molar-refractivity contribution in [1.29, 1.82) is 0 Å². The molecule has 1 aromatic carbocycles. The molecule has 0 saturated carbocycles. The van der Waals surface area contributed by atoms with Crippen LogP contribution in [-0.2, 0) is 11.3 Å². The van der Waals surface area contributed by atoms with Crippen molar-refractivity contribution in [3.05, 3.63) is 33.9 Å². The van der Waals surface area contributed by atoms with E-state index in [2.05, 4.69) is 15.4 Å². The number of anilines is 2. The van der Waals surface area contributed by atoms with E-state index in [9.17, 15) is 9.18 Å². The van der Waals surface area contributed by atoms with E-state index in [0.717, 1.165) is 0 Å². The van der Waals surface area contributed by atoms with Gasteiger partial charge in [0.2, 0.25) is 11.9 Å². The third-order valence-electron chi connectivity index (χ3n) is 2.07. The Morgan fingerprint density at radius 1 is 1.56 bits per heavy atom. The average Bonchev–Trinajstić information content (AvgIpc) is 2.68. The summed E-state index contributed by atoms with van der Waals surface area (Å²) in [6, 6.07) is 4.12. The van der Waals surface area contributed by atoms with Gasteiger partial charge in [-0.2, -0.15) is 0 Å². The van der Waals surface area contributed by atoms with Crippen molar-refractivity contribution < 1.29 is 9.18 Å². The highest BCUT2D eigenvalue weighted by atomic mass is 127.